The Balaban J connectivity index is 1.57. The summed E-state index contributed by atoms with van der Waals surface area (Å²) < 4.78 is 4.31. The van der Waals surface area contributed by atoms with Crippen LogP contribution in [-0.4, -0.2) is 48.4 Å². The maximum absolute atomic E-state index is 13.1. The third-order valence-corrected chi connectivity index (χ3v) is 5.59. The zero-order valence-corrected chi connectivity index (χ0v) is 16.2. The molecule has 0 saturated carbocycles. The molecule has 0 radical (unpaired) electrons. The fraction of sp³-hybridized carbons (Fsp3) is 0.368. The van der Waals surface area contributed by atoms with Gasteiger partial charge in [0, 0.05) is 26.1 Å². The Hall–Kier alpha value is -2.74. The van der Waals surface area contributed by atoms with E-state index in [0.29, 0.717) is 16.9 Å². The number of carbonyl (C=O) groups is 1. The first-order chi connectivity index (χ1) is 13.1. The van der Waals surface area contributed by atoms with Gasteiger partial charge >= 0.3 is 0 Å². The smallest absolute Gasteiger partial charge is 0.257 e. The first kappa shape index (κ1) is 17.7. The summed E-state index contributed by atoms with van der Waals surface area (Å²) in [6.07, 6.45) is 3.62. The summed E-state index contributed by atoms with van der Waals surface area (Å²) in [5, 5.41) is 11.6. The van der Waals surface area contributed by atoms with E-state index in [1.165, 1.54) is 0 Å². The number of benzene rings is 1. The number of H-pyrrole nitrogens is 1. The molecule has 0 spiro atoms. The number of likely N-dealkylation sites (tertiary alicyclic amines) is 1. The van der Waals surface area contributed by atoms with Crippen molar-refractivity contribution in [2.45, 2.75) is 25.7 Å². The Bertz CT molecular complexity index is 1020. The molecule has 7 nitrogen and oxygen atoms in total. The first-order valence-corrected chi connectivity index (χ1v) is 9.47. The number of amides is 1. The van der Waals surface area contributed by atoms with E-state index in [-0.39, 0.29) is 11.8 Å². The quantitative estimate of drug-likeness (QED) is 0.707. The Kier molecular flexibility index (Phi) is 4.65. The number of piperidine rings is 1. The molecule has 1 aliphatic heterocycles. The van der Waals surface area contributed by atoms with Gasteiger partial charge in [0.15, 0.2) is 4.77 Å². The summed E-state index contributed by atoms with van der Waals surface area (Å²) in [4.78, 5) is 15.1. The van der Waals surface area contributed by atoms with E-state index < -0.39 is 0 Å². The highest BCUT2D eigenvalue weighted by Gasteiger charge is 2.29. The predicted octanol–water partition coefficient (Wildman–Crippen LogP) is 2.99. The number of aromatic nitrogens is 5. The lowest BCUT2D eigenvalue weighted by atomic mass is 9.96. The maximum atomic E-state index is 13.1. The first-order valence-electron chi connectivity index (χ1n) is 9.07. The topological polar surface area (TPSA) is 71.7 Å². The van der Waals surface area contributed by atoms with Gasteiger partial charge in [-0.1, -0.05) is 18.2 Å². The molecular weight excluding hydrogens is 360 g/mol. The largest absolute Gasteiger partial charge is 0.338 e. The Morgan fingerprint density at radius 3 is 2.78 bits per heavy atom. The van der Waals surface area contributed by atoms with Crippen molar-refractivity contribution in [3.8, 4) is 5.69 Å². The molecule has 1 saturated heterocycles. The number of nitrogens with zero attached hydrogens (tertiary/aromatic N) is 5. The average Bonchev–Trinajstić information content (AvgIpc) is 3.24. The summed E-state index contributed by atoms with van der Waals surface area (Å²) in [5.41, 5.74) is 2.45. The normalized spacial score (nSPS) is 17.3. The predicted molar refractivity (Wildman–Crippen MR) is 105 cm³/mol. The highest BCUT2D eigenvalue weighted by Crippen LogP contribution is 2.27. The molecule has 1 fully saturated rings. The van der Waals surface area contributed by atoms with Crippen LogP contribution in [0.4, 0.5) is 0 Å². The Morgan fingerprint density at radius 2 is 2.07 bits per heavy atom. The van der Waals surface area contributed by atoms with Crippen molar-refractivity contribution in [2.24, 2.45) is 7.05 Å². The van der Waals surface area contributed by atoms with Gasteiger partial charge in [0.05, 0.1) is 23.1 Å². The van der Waals surface area contributed by atoms with Crippen molar-refractivity contribution in [1.82, 2.24) is 29.4 Å². The maximum Gasteiger partial charge on any atom is 0.257 e. The molecule has 8 heteroatoms. The standard InChI is InChI=1S/C19H22N6OS/c1-13-16(11-20-25(13)15-8-4-3-5-9-15)18(26)24-10-6-7-14(12-24)17-21-22-19(27)23(17)2/h3-5,8-9,11,14H,6-7,10,12H2,1-2H3,(H,22,27). The molecular formula is C19H22N6OS. The second-order valence-electron chi connectivity index (χ2n) is 6.93. The second-order valence-corrected chi connectivity index (χ2v) is 7.31. The van der Waals surface area contributed by atoms with Gasteiger partial charge in [0.2, 0.25) is 0 Å². The van der Waals surface area contributed by atoms with E-state index >= 15 is 0 Å². The number of rotatable bonds is 3. The number of nitrogens with one attached hydrogen (secondary N) is 1. The van der Waals surface area contributed by atoms with Crippen molar-refractivity contribution in [3.05, 3.63) is 58.4 Å². The van der Waals surface area contributed by atoms with Crippen LogP contribution in [0.15, 0.2) is 36.5 Å². The van der Waals surface area contributed by atoms with Crippen LogP contribution in [0.25, 0.3) is 5.69 Å². The molecule has 1 amide bonds. The molecule has 3 aromatic rings. The SMILES string of the molecule is Cc1c(C(=O)N2CCCC(c3n[nH]c(=S)n3C)C2)cnn1-c1ccccc1. The van der Waals surface area contributed by atoms with Crippen LogP contribution in [0.1, 0.15) is 40.6 Å². The van der Waals surface area contributed by atoms with E-state index in [9.17, 15) is 4.79 Å². The lowest BCUT2D eigenvalue weighted by molar-refractivity contribution is 0.0702. The summed E-state index contributed by atoms with van der Waals surface area (Å²) in [6, 6.07) is 9.85. The monoisotopic (exact) mass is 382 g/mol. The van der Waals surface area contributed by atoms with Crippen molar-refractivity contribution < 1.29 is 4.79 Å². The van der Waals surface area contributed by atoms with E-state index in [2.05, 4.69) is 15.3 Å². The molecule has 0 bridgehead atoms. The summed E-state index contributed by atoms with van der Waals surface area (Å²) in [6.45, 7) is 3.33. The molecule has 1 atom stereocenters. The number of hydrogen-bond acceptors (Lipinski definition) is 4. The van der Waals surface area contributed by atoms with Gasteiger partial charge in [-0.15, -0.1) is 0 Å². The molecule has 4 rings (SSSR count). The molecule has 1 N–H and O–H groups in total. The van der Waals surface area contributed by atoms with Crippen LogP contribution >= 0.6 is 12.2 Å². The van der Waals surface area contributed by atoms with E-state index in [1.54, 1.807) is 6.20 Å². The van der Waals surface area contributed by atoms with Gasteiger partial charge in [-0.25, -0.2) is 4.68 Å². The van der Waals surface area contributed by atoms with Gasteiger partial charge < -0.3 is 9.47 Å². The molecule has 1 unspecified atom stereocenters. The van der Waals surface area contributed by atoms with Gasteiger partial charge in [-0.05, 0) is 44.1 Å². The Morgan fingerprint density at radius 1 is 1.30 bits per heavy atom. The number of para-hydroxylation sites is 1. The summed E-state index contributed by atoms with van der Waals surface area (Å²) >= 11 is 5.22. The van der Waals surface area contributed by atoms with Crippen molar-refractivity contribution in [1.29, 1.82) is 0 Å². The number of hydrogen-bond donors (Lipinski definition) is 1. The third kappa shape index (κ3) is 3.21. The molecule has 3 heterocycles. The van der Waals surface area contributed by atoms with Crippen molar-refractivity contribution in [2.75, 3.05) is 13.1 Å². The lowest BCUT2D eigenvalue weighted by Gasteiger charge is -2.32. The van der Waals surface area contributed by atoms with E-state index in [0.717, 1.165) is 36.6 Å². The molecule has 1 aliphatic rings. The third-order valence-electron chi connectivity index (χ3n) is 5.23. The van der Waals surface area contributed by atoms with Crippen LogP contribution in [-0.2, 0) is 7.05 Å². The molecule has 27 heavy (non-hydrogen) atoms. The van der Waals surface area contributed by atoms with Crippen LogP contribution in [0.2, 0.25) is 0 Å². The fourth-order valence-electron chi connectivity index (χ4n) is 3.72. The van der Waals surface area contributed by atoms with Gasteiger partial charge in [0.25, 0.3) is 5.91 Å². The zero-order chi connectivity index (χ0) is 19.0. The van der Waals surface area contributed by atoms with Crippen LogP contribution in [0.5, 0.6) is 0 Å². The van der Waals surface area contributed by atoms with Crippen molar-refractivity contribution >= 4 is 18.1 Å². The molecule has 0 aliphatic carbocycles. The Labute approximate surface area is 162 Å². The highest BCUT2D eigenvalue weighted by molar-refractivity contribution is 7.71. The van der Waals surface area contributed by atoms with Gasteiger partial charge in [-0.3, -0.25) is 9.89 Å². The van der Waals surface area contributed by atoms with Gasteiger partial charge in [0.1, 0.15) is 5.82 Å². The molecule has 1 aromatic carbocycles. The van der Waals surface area contributed by atoms with E-state index in [4.69, 9.17) is 12.2 Å². The summed E-state index contributed by atoms with van der Waals surface area (Å²) in [5.74, 6) is 1.12. The number of carbonyl (C=O) groups excluding carboxylic acids is 1. The van der Waals surface area contributed by atoms with Crippen LogP contribution in [0.3, 0.4) is 0 Å². The molecule has 140 valence electrons. The van der Waals surface area contributed by atoms with Crippen LogP contribution in [0, 0.1) is 11.7 Å². The fourth-order valence-corrected chi connectivity index (χ4v) is 3.86. The minimum Gasteiger partial charge on any atom is -0.338 e. The van der Waals surface area contributed by atoms with Crippen LogP contribution < -0.4 is 0 Å². The summed E-state index contributed by atoms with van der Waals surface area (Å²) in [7, 11) is 1.91. The minimum absolute atomic E-state index is 0.0242. The zero-order valence-electron chi connectivity index (χ0n) is 15.4. The minimum atomic E-state index is 0.0242. The highest BCUT2D eigenvalue weighted by atomic mass is 32.1. The number of aromatic amines is 1. The van der Waals surface area contributed by atoms with Crippen molar-refractivity contribution in [3.63, 3.8) is 0 Å². The van der Waals surface area contributed by atoms with E-state index in [1.807, 2.05) is 58.5 Å². The second kappa shape index (κ2) is 7.11. The average molecular weight is 382 g/mol. The molecule has 2 aromatic heterocycles. The lowest BCUT2D eigenvalue weighted by Crippen LogP contribution is -2.39. The van der Waals surface area contributed by atoms with Gasteiger partial charge in [-0.2, -0.15) is 10.2 Å².